The maximum Gasteiger partial charge on any atom is 0.306 e. The molecule has 0 unspecified atom stereocenters. The van der Waals surface area contributed by atoms with Gasteiger partial charge >= 0.3 is 23.9 Å². The highest BCUT2D eigenvalue weighted by Gasteiger charge is 2.06. The zero-order valence-corrected chi connectivity index (χ0v) is 10.7. The summed E-state index contributed by atoms with van der Waals surface area (Å²) in [6, 6.07) is 0. The van der Waals surface area contributed by atoms with Crippen LogP contribution in [0.15, 0.2) is 12.2 Å². The normalized spacial score (nSPS) is 10.2. The lowest BCUT2D eigenvalue weighted by Crippen LogP contribution is -2.08. The predicted octanol–water partition coefficient (Wildman–Crippen LogP) is 0.359. The molecular formula is C12H16O8. The molecule has 20 heavy (non-hydrogen) atoms. The van der Waals surface area contributed by atoms with E-state index in [0.717, 1.165) is 0 Å². The summed E-state index contributed by atoms with van der Waals surface area (Å²) in [6.45, 7) is -0.101. The number of carbonyl (C=O) groups is 4. The van der Waals surface area contributed by atoms with Crippen molar-refractivity contribution >= 4 is 23.9 Å². The van der Waals surface area contributed by atoms with Gasteiger partial charge in [-0.15, -0.1) is 0 Å². The monoisotopic (exact) mass is 288 g/mol. The van der Waals surface area contributed by atoms with Crippen molar-refractivity contribution in [2.24, 2.45) is 0 Å². The van der Waals surface area contributed by atoms with E-state index in [1.54, 1.807) is 0 Å². The molecule has 0 fully saturated rings. The van der Waals surface area contributed by atoms with Gasteiger partial charge in [-0.2, -0.15) is 0 Å². The van der Waals surface area contributed by atoms with E-state index in [0.29, 0.717) is 0 Å². The predicted molar refractivity (Wildman–Crippen MR) is 64.8 cm³/mol. The van der Waals surface area contributed by atoms with Crippen LogP contribution in [0.1, 0.15) is 25.7 Å². The lowest BCUT2D eigenvalue weighted by molar-refractivity contribution is -0.147. The Morgan fingerprint density at radius 1 is 0.700 bits per heavy atom. The van der Waals surface area contributed by atoms with Crippen LogP contribution in [0.3, 0.4) is 0 Å². The SMILES string of the molecule is O=C(O)CCC(=O)OCC=CCOC(=O)CCC(=O)O. The molecule has 0 bridgehead atoms. The third-order valence-corrected chi connectivity index (χ3v) is 1.93. The van der Waals surface area contributed by atoms with E-state index in [-0.39, 0.29) is 38.9 Å². The van der Waals surface area contributed by atoms with E-state index < -0.39 is 23.9 Å². The first-order valence-electron chi connectivity index (χ1n) is 5.81. The zero-order chi connectivity index (χ0) is 15.4. The molecule has 0 aliphatic carbocycles. The molecule has 0 aliphatic rings. The maximum absolute atomic E-state index is 11.0. The van der Waals surface area contributed by atoms with E-state index in [9.17, 15) is 19.2 Å². The molecule has 112 valence electrons. The molecule has 0 radical (unpaired) electrons. The first-order valence-corrected chi connectivity index (χ1v) is 5.81. The third kappa shape index (κ3) is 12.1. The molecule has 0 rings (SSSR count). The number of rotatable bonds is 10. The second-order valence-electron chi connectivity index (χ2n) is 3.62. The molecule has 0 aromatic heterocycles. The largest absolute Gasteiger partial charge is 0.481 e. The van der Waals surface area contributed by atoms with Crippen LogP contribution in [0.4, 0.5) is 0 Å². The van der Waals surface area contributed by atoms with Crippen molar-refractivity contribution in [3.8, 4) is 0 Å². The molecule has 0 aromatic rings. The van der Waals surface area contributed by atoms with Gasteiger partial charge in [0, 0.05) is 0 Å². The van der Waals surface area contributed by atoms with E-state index in [2.05, 4.69) is 9.47 Å². The van der Waals surface area contributed by atoms with Gasteiger partial charge in [-0.05, 0) is 12.2 Å². The van der Waals surface area contributed by atoms with Gasteiger partial charge in [0.05, 0.1) is 25.7 Å². The molecular weight excluding hydrogens is 272 g/mol. The van der Waals surface area contributed by atoms with Crippen molar-refractivity contribution in [1.82, 2.24) is 0 Å². The van der Waals surface area contributed by atoms with Crippen molar-refractivity contribution in [2.75, 3.05) is 13.2 Å². The number of ether oxygens (including phenoxy) is 2. The van der Waals surface area contributed by atoms with Gasteiger partial charge in [0.25, 0.3) is 0 Å². The van der Waals surface area contributed by atoms with Crippen LogP contribution in [0.2, 0.25) is 0 Å². The molecule has 8 heteroatoms. The van der Waals surface area contributed by atoms with Gasteiger partial charge in [-0.3, -0.25) is 19.2 Å². The first kappa shape index (κ1) is 17.6. The number of hydrogen-bond acceptors (Lipinski definition) is 6. The highest BCUT2D eigenvalue weighted by atomic mass is 16.5. The van der Waals surface area contributed by atoms with E-state index >= 15 is 0 Å². The van der Waals surface area contributed by atoms with E-state index in [1.165, 1.54) is 12.2 Å². The van der Waals surface area contributed by atoms with Gasteiger partial charge in [-0.1, -0.05) is 0 Å². The first-order chi connectivity index (χ1) is 9.41. The van der Waals surface area contributed by atoms with Crippen molar-refractivity contribution < 1.29 is 38.9 Å². The van der Waals surface area contributed by atoms with Crippen LogP contribution >= 0.6 is 0 Å². The minimum Gasteiger partial charge on any atom is -0.481 e. The van der Waals surface area contributed by atoms with Gasteiger partial charge in [-0.25, -0.2) is 0 Å². The lowest BCUT2D eigenvalue weighted by atomic mass is 10.3. The fourth-order valence-corrected chi connectivity index (χ4v) is 0.981. The Morgan fingerprint density at radius 2 is 1.05 bits per heavy atom. The number of esters is 2. The number of aliphatic carboxylic acids is 2. The molecule has 0 aromatic carbocycles. The number of carbonyl (C=O) groups excluding carboxylic acids is 2. The Hall–Kier alpha value is -2.38. The number of hydrogen-bond donors (Lipinski definition) is 2. The van der Waals surface area contributed by atoms with Crippen molar-refractivity contribution in [3.63, 3.8) is 0 Å². The van der Waals surface area contributed by atoms with Crippen molar-refractivity contribution in [3.05, 3.63) is 12.2 Å². The molecule has 0 heterocycles. The van der Waals surface area contributed by atoms with Crippen LogP contribution in [0.25, 0.3) is 0 Å². The van der Waals surface area contributed by atoms with E-state index in [4.69, 9.17) is 10.2 Å². The number of carboxylic acids is 2. The number of carboxylic acid groups (broad SMARTS) is 2. The molecule has 0 amide bonds. The Bertz CT molecular complexity index is 349. The smallest absolute Gasteiger partial charge is 0.306 e. The fourth-order valence-electron chi connectivity index (χ4n) is 0.981. The van der Waals surface area contributed by atoms with Crippen LogP contribution in [0.5, 0.6) is 0 Å². The minimum atomic E-state index is -1.08. The van der Waals surface area contributed by atoms with Gasteiger partial charge in [0.15, 0.2) is 0 Å². The van der Waals surface area contributed by atoms with Crippen LogP contribution in [-0.4, -0.2) is 47.3 Å². The summed E-state index contributed by atoms with van der Waals surface area (Å²) >= 11 is 0. The van der Waals surface area contributed by atoms with Gasteiger partial charge in [0.1, 0.15) is 13.2 Å². The summed E-state index contributed by atoms with van der Waals surface area (Å²) in [5.41, 5.74) is 0. The molecule has 0 spiro atoms. The Labute approximate surface area is 115 Å². The second-order valence-corrected chi connectivity index (χ2v) is 3.62. The molecule has 0 atom stereocenters. The average molecular weight is 288 g/mol. The Morgan fingerprint density at radius 3 is 1.35 bits per heavy atom. The molecule has 2 N–H and O–H groups in total. The highest BCUT2D eigenvalue weighted by molar-refractivity contribution is 5.77. The topological polar surface area (TPSA) is 127 Å². The average Bonchev–Trinajstić information content (AvgIpc) is 2.37. The molecule has 0 aliphatic heterocycles. The second kappa shape index (κ2) is 10.5. The van der Waals surface area contributed by atoms with Gasteiger partial charge < -0.3 is 19.7 Å². The summed E-state index contributed by atoms with van der Waals surface area (Å²) in [6.07, 6.45) is 1.89. The summed E-state index contributed by atoms with van der Waals surface area (Å²) in [4.78, 5) is 42.3. The van der Waals surface area contributed by atoms with Crippen molar-refractivity contribution in [2.45, 2.75) is 25.7 Å². The van der Waals surface area contributed by atoms with E-state index in [1.807, 2.05) is 0 Å². The summed E-state index contributed by atoms with van der Waals surface area (Å²) in [5.74, 6) is -3.41. The van der Waals surface area contributed by atoms with Gasteiger partial charge in [0.2, 0.25) is 0 Å². The summed E-state index contributed by atoms with van der Waals surface area (Å²) in [7, 11) is 0. The Kier molecular flexibility index (Phi) is 9.28. The zero-order valence-electron chi connectivity index (χ0n) is 10.7. The maximum atomic E-state index is 11.0. The Balaban J connectivity index is 3.57. The fraction of sp³-hybridized carbons (Fsp3) is 0.500. The summed E-state index contributed by atoms with van der Waals surface area (Å²) < 4.78 is 9.34. The van der Waals surface area contributed by atoms with Crippen LogP contribution in [-0.2, 0) is 28.7 Å². The third-order valence-electron chi connectivity index (χ3n) is 1.93. The van der Waals surface area contributed by atoms with Crippen LogP contribution in [0, 0.1) is 0 Å². The standard InChI is InChI=1S/C12H16O8/c13-9(14)3-5-11(17)19-7-1-2-8-20-12(18)6-4-10(15)16/h1-2H,3-8H2,(H,13,14)(H,15,16). The quantitative estimate of drug-likeness (QED) is 0.435. The van der Waals surface area contributed by atoms with Crippen molar-refractivity contribution in [1.29, 1.82) is 0 Å². The highest BCUT2D eigenvalue weighted by Crippen LogP contribution is 1.94. The summed E-state index contributed by atoms with van der Waals surface area (Å²) in [5, 5.41) is 16.7. The lowest BCUT2D eigenvalue weighted by Gasteiger charge is -2.01. The molecule has 8 nitrogen and oxygen atoms in total. The van der Waals surface area contributed by atoms with Crippen LogP contribution < -0.4 is 0 Å². The molecule has 0 saturated heterocycles. The minimum absolute atomic E-state index is 0.0505. The molecule has 0 saturated carbocycles.